The monoisotopic (exact) mass is 286 g/mol. The molecule has 0 aromatic carbocycles. The summed E-state index contributed by atoms with van der Waals surface area (Å²) in [5.74, 6) is 1.87. The van der Waals surface area contributed by atoms with Crippen LogP contribution in [0.3, 0.4) is 0 Å². The first-order valence-corrected chi connectivity index (χ1v) is 8.01. The number of hydrogen-bond donors (Lipinski definition) is 2. The molecule has 0 spiro atoms. The van der Waals surface area contributed by atoms with Gasteiger partial charge in [0.05, 0.1) is 0 Å². The van der Waals surface area contributed by atoms with E-state index in [-0.39, 0.29) is 5.91 Å². The second-order valence-electron chi connectivity index (χ2n) is 6.29. The molecule has 0 radical (unpaired) electrons. The summed E-state index contributed by atoms with van der Waals surface area (Å²) in [5, 5.41) is 2.96. The van der Waals surface area contributed by atoms with Crippen molar-refractivity contribution in [1.29, 1.82) is 0 Å². The van der Waals surface area contributed by atoms with Crippen LogP contribution in [0.2, 0.25) is 0 Å². The zero-order valence-corrected chi connectivity index (χ0v) is 13.8. The first kappa shape index (κ1) is 19.4. The van der Waals surface area contributed by atoms with Crippen molar-refractivity contribution in [2.75, 3.05) is 26.3 Å². The summed E-state index contributed by atoms with van der Waals surface area (Å²) < 4.78 is 5.47. The molecule has 1 atom stereocenters. The maximum atomic E-state index is 11.7. The number of hydrogen-bond acceptors (Lipinski definition) is 3. The van der Waals surface area contributed by atoms with Crippen LogP contribution in [-0.4, -0.2) is 32.2 Å². The van der Waals surface area contributed by atoms with Gasteiger partial charge in [-0.15, -0.1) is 0 Å². The van der Waals surface area contributed by atoms with Gasteiger partial charge < -0.3 is 15.8 Å². The van der Waals surface area contributed by atoms with Gasteiger partial charge in [0.15, 0.2) is 0 Å². The van der Waals surface area contributed by atoms with Gasteiger partial charge in [-0.25, -0.2) is 0 Å². The molecular formula is C16H34N2O2. The van der Waals surface area contributed by atoms with E-state index in [9.17, 15) is 4.79 Å². The van der Waals surface area contributed by atoms with Crippen molar-refractivity contribution in [3.63, 3.8) is 0 Å². The molecule has 0 fully saturated rings. The van der Waals surface area contributed by atoms with Crippen LogP contribution in [0.4, 0.5) is 0 Å². The molecule has 0 aliphatic heterocycles. The van der Waals surface area contributed by atoms with Crippen molar-refractivity contribution in [3.05, 3.63) is 0 Å². The van der Waals surface area contributed by atoms with E-state index >= 15 is 0 Å². The van der Waals surface area contributed by atoms with Crippen LogP contribution in [0, 0.1) is 17.8 Å². The van der Waals surface area contributed by atoms with Crippen molar-refractivity contribution in [3.8, 4) is 0 Å². The Hall–Kier alpha value is -0.610. The number of rotatable bonds is 12. The molecule has 0 aromatic rings. The molecule has 0 heterocycles. The van der Waals surface area contributed by atoms with Gasteiger partial charge in [-0.05, 0) is 43.6 Å². The van der Waals surface area contributed by atoms with E-state index in [0.717, 1.165) is 32.5 Å². The normalized spacial score (nSPS) is 12.9. The third kappa shape index (κ3) is 11.2. The molecule has 0 aliphatic rings. The summed E-state index contributed by atoms with van der Waals surface area (Å²) in [6.45, 7) is 11.6. The van der Waals surface area contributed by atoms with Gasteiger partial charge in [-0.2, -0.15) is 0 Å². The summed E-state index contributed by atoms with van der Waals surface area (Å²) in [6, 6.07) is 0. The van der Waals surface area contributed by atoms with Crippen LogP contribution in [0.15, 0.2) is 0 Å². The average molecular weight is 286 g/mol. The molecule has 120 valence electrons. The number of amides is 1. The van der Waals surface area contributed by atoms with Crippen LogP contribution < -0.4 is 11.1 Å². The van der Waals surface area contributed by atoms with E-state index in [4.69, 9.17) is 10.5 Å². The molecule has 4 heteroatoms. The van der Waals surface area contributed by atoms with Gasteiger partial charge in [0.25, 0.3) is 0 Å². The van der Waals surface area contributed by atoms with Gasteiger partial charge >= 0.3 is 0 Å². The number of nitrogens with two attached hydrogens (primary N) is 1. The van der Waals surface area contributed by atoms with Gasteiger partial charge in [-0.1, -0.05) is 27.7 Å². The highest BCUT2D eigenvalue weighted by Gasteiger charge is 2.14. The predicted octanol–water partition coefficient (Wildman–Crippen LogP) is 2.57. The third-order valence-corrected chi connectivity index (χ3v) is 3.46. The van der Waals surface area contributed by atoms with E-state index in [2.05, 4.69) is 33.0 Å². The molecule has 3 N–H and O–H groups in total. The van der Waals surface area contributed by atoms with Gasteiger partial charge in [0.2, 0.25) is 5.91 Å². The predicted molar refractivity (Wildman–Crippen MR) is 84.5 cm³/mol. The summed E-state index contributed by atoms with van der Waals surface area (Å²) in [4.78, 5) is 11.7. The Labute approximate surface area is 124 Å². The van der Waals surface area contributed by atoms with Crippen LogP contribution >= 0.6 is 0 Å². The van der Waals surface area contributed by atoms with E-state index in [1.807, 2.05) is 0 Å². The minimum absolute atomic E-state index is 0.150. The summed E-state index contributed by atoms with van der Waals surface area (Å²) in [6.07, 6.45) is 3.43. The largest absolute Gasteiger partial charge is 0.381 e. The van der Waals surface area contributed by atoms with Crippen LogP contribution in [0.5, 0.6) is 0 Å². The molecule has 0 aromatic heterocycles. The van der Waals surface area contributed by atoms with Gasteiger partial charge in [0.1, 0.15) is 0 Å². The van der Waals surface area contributed by atoms with Gasteiger partial charge in [0, 0.05) is 26.2 Å². The zero-order chi connectivity index (χ0) is 15.4. The molecular weight excluding hydrogens is 252 g/mol. The lowest BCUT2D eigenvalue weighted by molar-refractivity contribution is -0.121. The second kappa shape index (κ2) is 12.2. The second-order valence-corrected chi connectivity index (χ2v) is 6.29. The summed E-state index contributed by atoms with van der Waals surface area (Å²) >= 11 is 0. The summed E-state index contributed by atoms with van der Waals surface area (Å²) in [5.41, 5.74) is 5.61. The Kier molecular flexibility index (Phi) is 11.8. The van der Waals surface area contributed by atoms with Crippen LogP contribution in [-0.2, 0) is 9.53 Å². The molecule has 20 heavy (non-hydrogen) atoms. The number of nitrogens with one attached hydrogen (secondary N) is 1. The van der Waals surface area contributed by atoms with Crippen molar-refractivity contribution in [2.24, 2.45) is 23.5 Å². The number of carbonyl (C=O) groups is 1. The maximum absolute atomic E-state index is 11.7. The van der Waals surface area contributed by atoms with Crippen LogP contribution in [0.1, 0.15) is 53.4 Å². The fourth-order valence-corrected chi connectivity index (χ4v) is 2.15. The van der Waals surface area contributed by atoms with E-state index in [0.29, 0.717) is 37.3 Å². The fourth-order valence-electron chi connectivity index (χ4n) is 2.15. The first-order valence-electron chi connectivity index (χ1n) is 8.01. The Bertz CT molecular complexity index is 243. The quantitative estimate of drug-likeness (QED) is 0.542. The van der Waals surface area contributed by atoms with E-state index in [1.54, 1.807) is 0 Å². The lowest BCUT2D eigenvalue weighted by Gasteiger charge is -2.19. The van der Waals surface area contributed by atoms with Crippen molar-refractivity contribution in [1.82, 2.24) is 5.32 Å². The Morgan fingerprint density at radius 3 is 2.45 bits per heavy atom. The zero-order valence-electron chi connectivity index (χ0n) is 13.8. The standard InChI is InChI=1S/C16H34N2O2/c1-13(2)12-20-11-5-10-18-16(19)7-6-15(8-9-17)14(3)4/h13-15H,5-12,17H2,1-4H3,(H,18,19). The van der Waals surface area contributed by atoms with Crippen molar-refractivity contribution >= 4 is 5.91 Å². The highest BCUT2D eigenvalue weighted by Crippen LogP contribution is 2.20. The SMILES string of the molecule is CC(C)COCCCNC(=O)CCC(CCN)C(C)C. The molecule has 1 unspecified atom stereocenters. The minimum atomic E-state index is 0.150. The molecule has 0 rings (SSSR count). The molecule has 0 aliphatic carbocycles. The maximum Gasteiger partial charge on any atom is 0.220 e. The topological polar surface area (TPSA) is 64.3 Å². The molecule has 1 amide bonds. The minimum Gasteiger partial charge on any atom is -0.381 e. The lowest BCUT2D eigenvalue weighted by Crippen LogP contribution is -2.26. The highest BCUT2D eigenvalue weighted by atomic mass is 16.5. The molecule has 0 saturated carbocycles. The van der Waals surface area contributed by atoms with Crippen molar-refractivity contribution in [2.45, 2.75) is 53.4 Å². The number of ether oxygens (including phenoxy) is 1. The summed E-state index contributed by atoms with van der Waals surface area (Å²) in [7, 11) is 0. The highest BCUT2D eigenvalue weighted by molar-refractivity contribution is 5.75. The first-order chi connectivity index (χ1) is 9.47. The average Bonchev–Trinajstić information content (AvgIpc) is 2.37. The fraction of sp³-hybridized carbons (Fsp3) is 0.938. The van der Waals surface area contributed by atoms with Gasteiger partial charge in [-0.3, -0.25) is 4.79 Å². The van der Waals surface area contributed by atoms with Crippen molar-refractivity contribution < 1.29 is 9.53 Å². The van der Waals surface area contributed by atoms with E-state index < -0.39 is 0 Å². The smallest absolute Gasteiger partial charge is 0.220 e. The Balaban J connectivity index is 3.57. The Morgan fingerprint density at radius 2 is 1.90 bits per heavy atom. The Morgan fingerprint density at radius 1 is 1.20 bits per heavy atom. The molecule has 4 nitrogen and oxygen atoms in total. The molecule has 0 saturated heterocycles. The molecule has 0 bridgehead atoms. The number of carbonyl (C=O) groups excluding carboxylic acids is 1. The van der Waals surface area contributed by atoms with E-state index in [1.165, 1.54) is 0 Å². The lowest BCUT2D eigenvalue weighted by atomic mass is 9.88. The third-order valence-electron chi connectivity index (χ3n) is 3.46. The van der Waals surface area contributed by atoms with Crippen LogP contribution in [0.25, 0.3) is 0 Å².